The van der Waals surface area contributed by atoms with E-state index in [-0.39, 0.29) is 41.6 Å². The number of fused-ring (bicyclic) bond motifs is 2. The highest BCUT2D eigenvalue weighted by Gasteiger charge is 2.52. The molecule has 2 saturated heterocycles. The van der Waals surface area contributed by atoms with Crippen molar-refractivity contribution in [2.75, 3.05) is 20.2 Å². The molecule has 0 radical (unpaired) electrons. The number of carbonyl (C=O) groups is 1. The van der Waals surface area contributed by atoms with Crippen LogP contribution in [0.2, 0.25) is 0 Å². The second-order valence-electron chi connectivity index (χ2n) is 7.96. The van der Waals surface area contributed by atoms with Gasteiger partial charge >= 0.3 is 5.97 Å². The molecule has 4 nitrogen and oxygen atoms in total. The van der Waals surface area contributed by atoms with Gasteiger partial charge in [0.25, 0.3) is 0 Å². The molecule has 0 spiro atoms. The Morgan fingerprint density at radius 2 is 1.85 bits per heavy atom. The summed E-state index contributed by atoms with van der Waals surface area (Å²) in [7, 11) is 2.39. The lowest BCUT2D eigenvalue weighted by Crippen LogP contribution is -3.00. The lowest BCUT2D eigenvalue weighted by Gasteiger charge is -2.46. The number of rotatable bonds is 7. The quantitative estimate of drug-likeness (QED) is 0.503. The van der Waals surface area contributed by atoms with Crippen molar-refractivity contribution >= 4 is 5.97 Å². The van der Waals surface area contributed by atoms with Crippen molar-refractivity contribution < 1.29 is 36.1 Å². The monoisotopic (exact) mass is 425 g/mol. The maximum atomic E-state index is 12.8. The standard InChI is InChI=1S/C21H32NO3.BrH/c1-3-12-22(2)17-9-10-18(22)15-19(14-17)25-21(24)20(11-13-23)16-7-5-4-6-8-16;/h4-8,17-20,23H,3,9-15H2,1-2H3;1H/q+1;/p-1. The second kappa shape index (κ2) is 9.34. The van der Waals surface area contributed by atoms with E-state index in [4.69, 9.17) is 4.74 Å². The number of hydrogen-bond donors (Lipinski definition) is 1. The number of halogens is 1. The van der Waals surface area contributed by atoms with Gasteiger partial charge < -0.3 is 31.3 Å². The molecule has 2 heterocycles. The molecule has 1 aromatic rings. The van der Waals surface area contributed by atoms with Crippen molar-refractivity contribution in [2.24, 2.45) is 0 Å². The Morgan fingerprint density at radius 3 is 2.38 bits per heavy atom. The Labute approximate surface area is 167 Å². The number of quaternary nitrogens is 1. The maximum Gasteiger partial charge on any atom is 0.313 e. The van der Waals surface area contributed by atoms with Crippen LogP contribution in [0.25, 0.3) is 0 Å². The Hall–Kier alpha value is -0.910. The number of aliphatic hydroxyl groups is 1. The highest BCUT2D eigenvalue weighted by molar-refractivity contribution is 5.78. The number of carbonyl (C=O) groups excluding carboxylic acids is 1. The maximum absolute atomic E-state index is 12.8. The van der Waals surface area contributed by atoms with E-state index < -0.39 is 0 Å². The van der Waals surface area contributed by atoms with Gasteiger partial charge in [0.1, 0.15) is 6.10 Å². The summed E-state index contributed by atoms with van der Waals surface area (Å²) in [4.78, 5) is 12.8. The highest BCUT2D eigenvalue weighted by atomic mass is 79.9. The minimum absolute atomic E-state index is 0. The number of benzene rings is 1. The van der Waals surface area contributed by atoms with Crippen molar-refractivity contribution in [3.8, 4) is 0 Å². The van der Waals surface area contributed by atoms with Gasteiger partial charge in [-0.25, -0.2) is 0 Å². The summed E-state index contributed by atoms with van der Waals surface area (Å²) in [6, 6.07) is 11.0. The summed E-state index contributed by atoms with van der Waals surface area (Å²) in [5, 5.41) is 9.36. The molecule has 146 valence electrons. The van der Waals surface area contributed by atoms with Crippen LogP contribution < -0.4 is 17.0 Å². The van der Waals surface area contributed by atoms with Crippen LogP contribution in [0, 0.1) is 0 Å². The second-order valence-corrected chi connectivity index (χ2v) is 7.96. The molecule has 0 aliphatic carbocycles. The Morgan fingerprint density at radius 1 is 1.23 bits per heavy atom. The highest BCUT2D eigenvalue weighted by Crippen LogP contribution is 2.42. The molecule has 2 aliphatic rings. The molecule has 3 unspecified atom stereocenters. The predicted molar refractivity (Wildman–Crippen MR) is 98.2 cm³/mol. The van der Waals surface area contributed by atoms with Crippen molar-refractivity contribution in [2.45, 2.75) is 69.6 Å². The van der Waals surface area contributed by atoms with E-state index in [1.165, 1.54) is 30.3 Å². The van der Waals surface area contributed by atoms with Crippen LogP contribution in [-0.4, -0.2) is 53.9 Å². The number of esters is 1. The molecule has 2 bridgehead atoms. The zero-order valence-electron chi connectivity index (χ0n) is 15.9. The van der Waals surface area contributed by atoms with Crippen LogP contribution in [0.4, 0.5) is 0 Å². The molecule has 5 heteroatoms. The number of hydrogen-bond acceptors (Lipinski definition) is 3. The average Bonchev–Trinajstić information content (AvgIpc) is 2.78. The lowest BCUT2D eigenvalue weighted by atomic mass is 9.94. The molecular weight excluding hydrogens is 394 g/mol. The third-order valence-corrected chi connectivity index (χ3v) is 6.46. The molecule has 2 aliphatic heterocycles. The topological polar surface area (TPSA) is 46.5 Å². The summed E-state index contributed by atoms with van der Waals surface area (Å²) in [5.41, 5.74) is 0.937. The van der Waals surface area contributed by atoms with Gasteiger partial charge in [-0.05, 0) is 18.4 Å². The summed E-state index contributed by atoms with van der Waals surface area (Å²) in [5.74, 6) is -0.529. The molecular formula is C21H32BrNO3. The van der Waals surface area contributed by atoms with Gasteiger partial charge in [-0.15, -0.1) is 0 Å². The minimum Gasteiger partial charge on any atom is -1.00 e. The van der Waals surface area contributed by atoms with Gasteiger partial charge in [0.15, 0.2) is 0 Å². The summed E-state index contributed by atoms with van der Waals surface area (Å²) in [6.07, 6.45) is 6.16. The Kier molecular flexibility index (Phi) is 7.68. The number of ether oxygens (including phenoxy) is 1. The molecule has 0 saturated carbocycles. The number of piperidine rings is 1. The van der Waals surface area contributed by atoms with Crippen molar-refractivity contribution in [1.82, 2.24) is 0 Å². The van der Waals surface area contributed by atoms with E-state index in [9.17, 15) is 9.90 Å². The summed E-state index contributed by atoms with van der Waals surface area (Å²) >= 11 is 0. The first-order chi connectivity index (χ1) is 12.1. The molecule has 1 N–H and O–H groups in total. The fraction of sp³-hybridized carbons (Fsp3) is 0.667. The van der Waals surface area contributed by atoms with Crippen LogP contribution >= 0.6 is 0 Å². The van der Waals surface area contributed by atoms with Crippen LogP contribution in [0.5, 0.6) is 0 Å². The fourth-order valence-electron chi connectivity index (χ4n) is 5.12. The lowest BCUT2D eigenvalue weighted by molar-refractivity contribution is -0.949. The SMILES string of the molecule is CCC[N+]1(C)C2CCC1CC(OC(=O)C(CCO)c1ccccc1)C2.[Br-]. The Bertz CT molecular complexity index is 566. The van der Waals surface area contributed by atoms with Gasteiger partial charge in [0.05, 0.1) is 31.6 Å². The molecule has 1 aromatic carbocycles. The third kappa shape index (κ3) is 4.32. The third-order valence-electron chi connectivity index (χ3n) is 6.46. The van der Waals surface area contributed by atoms with Crippen LogP contribution in [-0.2, 0) is 9.53 Å². The zero-order valence-corrected chi connectivity index (χ0v) is 17.5. The molecule has 0 aromatic heterocycles. The Balaban J connectivity index is 0.00000243. The molecule has 3 rings (SSSR count). The van der Waals surface area contributed by atoms with Gasteiger partial charge in [-0.1, -0.05) is 37.3 Å². The molecule has 2 fully saturated rings. The van der Waals surface area contributed by atoms with Crippen LogP contribution in [0.3, 0.4) is 0 Å². The smallest absolute Gasteiger partial charge is 0.313 e. The zero-order chi connectivity index (χ0) is 17.9. The van der Waals surface area contributed by atoms with Crippen molar-refractivity contribution in [3.63, 3.8) is 0 Å². The van der Waals surface area contributed by atoms with E-state index in [0.717, 1.165) is 18.4 Å². The van der Waals surface area contributed by atoms with Gasteiger partial charge in [0, 0.05) is 32.3 Å². The first-order valence-electron chi connectivity index (χ1n) is 9.79. The largest absolute Gasteiger partial charge is 1.00 e. The molecule has 0 amide bonds. The normalized spacial score (nSPS) is 31.1. The molecule has 3 atom stereocenters. The summed E-state index contributed by atoms with van der Waals surface area (Å²) in [6.45, 7) is 3.48. The van der Waals surface area contributed by atoms with E-state index in [2.05, 4.69) is 14.0 Å². The summed E-state index contributed by atoms with van der Waals surface area (Å²) < 4.78 is 7.12. The van der Waals surface area contributed by atoms with Crippen LogP contribution in [0.1, 0.15) is 56.9 Å². The van der Waals surface area contributed by atoms with E-state index in [1.54, 1.807) is 0 Å². The van der Waals surface area contributed by atoms with Crippen molar-refractivity contribution in [3.05, 3.63) is 35.9 Å². The predicted octanol–water partition coefficient (Wildman–Crippen LogP) is 0.250. The first kappa shape index (κ1) is 21.4. The van der Waals surface area contributed by atoms with E-state index in [1.807, 2.05) is 30.3 Å². The van der Waals surface area contributed by atoms with Gasteiger partial charge in [-0.3, -0.25) is 4.79 Å². The van der Waals surface area contributed by atoms with Gasteiger partial charge in [-0.2, -0.15) is 0 Å². The first-order valence-corrected chi connectivity index (χ1v) is 9.79. The molecule has 26 heavy (non-hydrogen) atoms. The van der Waals surface area contributed by atoms with Crippen molar-refractivity contribution in [1.29, 1.82) is 0 Å². The van der Waals surface area contributed by atoms with E-state index >= 15 is 0 Å². The van der Waals surface area contributed by atoms with Gasteiger partial charge in [0.2, 0.25) is 0 Å². The number of aliphatic hydroxyl groups excluding tert-OH is 1. The minimum atomic E-state index is -0.359. The van der Waals surface area contributed by atoms with E-state index in [0.29, 0.717) is 18.5 Å². The fourth-order valence-corrected chi connectivity index (χ4v) is 5.12. The average molecular weight is 426 g/mol. The van der Waals surface area contributed by atoms with Crippen LogP contribution in [0.15, 0.2) is 30.3 Å². The number of nitrogens with zero attached hydrogens (tertiary/aromatic N) is 1.